The Morgan fingerprint density at radius 2 is 1.64 bits per heavy atom. The summed E-state index contributed by atoms with van der Waals surface area (Å²) in [5.74, 6) is 2.10. The van der Waals surface area contributed by atoms with E-state index < -0.39 is 0 Å². The third kappa shape index (κ3) is 7.02. The van der Waals surface area contributed by atoms with Gasteiger partial charge in [0.05, 0.1) is 25.7 Å². The van der Waals surface area contributed by atoms with Crippen LogP contribution in [0.15, 0.2) is 60.7 Å². The van der Waals surface area contributed by atoms with E-state index in [2.05, 4.69) is 75.0 Å². The molecule has 5 rings (SSSR count). The first-order valence-electron chi connectivity index (χ1n) is 16.2. The van der Waals surface area contributed by atoms with Crippen LogP contribution in [0.1, 0.15) is 75.6 Å². The number of halogens is 1. The van der Waals surface area contributed by atoms with E-state index in [9.17, 15) is 4.79 Å². The normalized spacial score (nSPS) is 20.8. The van der Waals surface area contributed by atoms with Gasteiger partial charge in [0, 0.05) is 36.0 Å². The Kier molecular flexibility index (Phi) is 10.4. The lowest BCUT2D eigenvalue weighted by Crippen LogP contribution is -2.41. The fourth-order valence-electron chi connectivity index (χ4n) is 6.76. The SMILES string of the molecule is CC[C@@H](C)Oc1cc2c(cc1OC)CC(=O)N(c1ccc(N(C)CC3CCC(N(C)CC)CC3)cc1)C2c1ccc(Cl)cc1. The maximum atomic E-state index is 13.9. The van der Waals surface area contributed by atoms with Crippen LogP contribution in [0.4, 0.5) is 11.4 Å². The fourth-order valence-corrected chi connectivity index (χ4v) is 6.89. The van der Waals surface area contributed by atoms with Crippen LogP contribution >= 0.6 is 11.6 Å². The molecule has 3 aromatic carbocycles. The zero-order valence-corrected chi connectivity index (χ0v) is 27.9. The largest absolute Gasteiger partial charge is 0.493 e. The van der Waals surface area contributed by atoms with Crippen molar-refractivity contribution in [1.82, 2.24) is 4.90 Å². The minimum atomic E-state index is -0.325. The smallest absolute Gasteiger partial charge is 0.232 e. The first-order valence-corrected chi connectivity index (χ1v) is 16.6. The summed E-state index contributed by atoms with van der Waals surface area (Å²) in [4.78, 5) is 20.7. The summed E-state index contributed by atoms with van der Waals surface area (Å²) in [6.07, 6.45) is 6.31. The van der Waals surface area contributed by atoms with Crippen molar-refractivity contribution in [2.24, 2.45) is 5.92 Å². The molecule has 1 aliphatic heterocycles. The Hall–Kier alpha value is -3.22. The van der Waals surface area contributed by atoms with Gasteiger partial charge in [0.15, 0.2) is 11.5 Å². The van der Waals surface area contributed by atoms with Crippen LogP contribution in [0.3, 0.4) is 0 Å². The molecule has 1 unspecified atom stereocenters. The number of amides is 1. The topological polar surface area (TPSA) is 45.3 Å². The summed E-state index contributed by atoms with van der Waals surface area (Å²) in [6, 6.07) is 20.7. The molecule has 7 heteroatoms. The fraction of sp³-hybridized carbons (Fsp3) is 0.486. The predicted octanol–water partition coefficient (Wildman–Crippen LogP) is 8.15. The molecule has 0 bridgehead atoms. The van der Waals surface area contributed by atoms with Gasteiger partial charge in [0.2, 0.25) is 5.91 Å². The molecule has 2 aliphatic rings. The van der Waals surface area contributed by atoms with Gasteiger partial charge in [-0.1, -0.05) is 37.6 Å². The number of nitrogens with zero attached hydrogens (tertiary/aromatic N) is 3. The van der Waals surface area contributed by atoms with E-state index in [1.165, 1.54) is 31.4 Å². The molecule has 44 heavy (non-hydrogen) atoms. The van der Waals surface area contributed by atoms with Gasteiger partial charge in [-0.2, -0.15) is 0 Å². The number of fused-ring (bicyclic) bond motifs is 1. The zero-order chi connectivity index (χ0) is 31.4. The highest BCUT2D eigenvalue weighted by Crippen LogP contribution is 2.44. The van der Waals surface area contributed by atoms with Gasteiger partial charge in [-0.25, -0.2) is 0 Å². The molecular formula is C37H48ClN3O3. The molecular weight excluding hydrogens is 570 g/mol. The molecule has 1 heterocycles. The van der Waals surface area contributed by atoms with Crippen molar-refractivity contribution in [3.8, 4) is 11.5 Å². The van der Waals surface area contributed by atoms with Crippen molar-refractivity contribution in [1.29, 1.82) is 0 Å². The molecule has 0 spiro atoms. The third-order valence-corrected chi connectivity index (χ3v) is 9.97. The van der Waals surface area contributed by atoms with Gasteiger partial charge in [0.25, 0.3) is 0 Å². The van der Waals surface area contributed by atoms with E-state index in [4.69, 9.17) is 21.1 Å². The van der Waals surface area contributed by atoms with E-state index in [1.54, 1.807) is 7.11 Å². The summed E-state index contributed by atoms with van der Waals surface area (Å²) in [7, 11) is 6.08. The van der Waals surface area contributed by atoms with E-state index in [1.807, 2.05) is 35.2 Å². The van der Waals surface area contributed by atoms with Crippen LogP contribution in [0.25, 0.3) is 0 Å². The van der Waals surface area contributed by atoms with Gasteiger partial charge in [-0.15, -0.1) is 0 Å². The molecule has 3 aromatic rings. The zero-order valence-electron chi connectivity index (χ0n) is 27.2. The molecule has 2 atom stereocenters. The van der Waals surface area contributed by atoms with Crippen LogP contribution in [0, 0.1) is 5.92 Å². The van der Waals surface area contributed by atoms with Crippen molar-refractivity contribution in [3.05, 3.63) is 82.4 Å². The van der Waals surface area contributed by atoms with Gasteiger partial charge >= 0.3 is 0 Å². The number of methoxy groups -OCH3 is 1. The predicted molar refractivity (Wildman–Crippen MR) is 182 cm³/mol. The van der Waals surface area contributed by atoms with E-state index in [-0.39, 0.29) is 24.5 Å². The molecule has 0 radical (unpaired) electrons. The van der Waals surface area contributed by atoms with Crippen LogP contribution < -0.4 is 19.3 Å². The van der Waals surface area contributed by atoms with Crippen LogP contribution in [0.2, 0.25) is 5.02 Å². The Morgan fingerprint density at radius 1 is 0.955 bits per heavy atom. The number of hydrogen-bond acceptors (Lipinski definition) is 5. The lowest BCUT2D eigenvalue weighted by Gasteiger charge is -2.38. The summed E-state index contributed by atoms with van der Waals surface area (Å²) in [6.45, 7) is 8.57. The summed E-state index contributed by atoms with van der Waals surface area (Å²) < 4.78 is 12.0. The first kappa shape index (κ1) is 32.2. The highest BCUT2D eigenvalue weighted by atomic mass is 35.5. The van der Waals surface area contributed by atoms with Crippen molar-refractivity contribution in [2.75, 3.05) is 44.1 Å². The lowest BCUT2D eigenvalue weighted by atomic mass is 9.85. The maximum Gasteiger partial charge on any atom is 0.232 e. The summed E-state index contributed by atoms with van der Waals surface area (Å²) in [5, 5.41) is 0.663. The molecule has 1 amide bonds. The Morgan fingerprint density at radius 3 is 2.25 bits per heavy atom. The van der Waals surface area contributed by atoms with Gasteiger partial charge in [-0.05, 0) is 124 Å². The van der Waals surface area contributed by atoms with Gasteiger partial charge in [0.1, 0.15) is 0 Å². The van der Waals surface area contributed by atoms with Crippen LogP contribution in [-0.2, 0) is 11.2 Å². The van der Waals surface area contributed by atoms with Crippen molar-refractivity contribution < 1.29 is 14.3 Å². The second-order valence-electron chi connectivity index (χ2n) is 12.6. The number of anilines is 2. The van der Waals surface area contributed by atoms with Crippen LogP contribution in [-0.4, -0.2) is 57.2 Å². The lowest BCUT2D eigenvalue weighted by molar-refractivity contribution is -0.118. The Bertz CT molecular complexity index is 1400. The third-order valence-electron chi connectivity index (χ3n) is 9.72. The minimum absolute atomic E-state index is 0.0366. The molecule has 236 valence electrons. The quantitative estimate of drug-likeness (QED) is 0.217. The molecule has 6 nitrogen and oxygen atoms in total. The molecule has 0 aromatic heterocycles. The van der Waals surface area contributed by atoms with Crippen molar-refractivity contribution >= 4 is 28.9 Å². The number of hydrogen-bond donors (Lipinski definition) is 0. The number of carbonyl (C=O) groups excluding carboxylic acids is 1. The number of carbonyl (C=O) groups is 1. The van der Waals surface area contributed by atoms with Gasteiger partial charge in [-0.3, -0.25) is 4.79 Å². The monoisotopic (exact) mass is 617 g/mol. The molecule has 1 fully saturated rings. The molecule has 1 aliphatic carbocycles. The first-order chi connectivity index (χ1) is 21.2. The number of benzene rings is 3. The van der Waals surface area contributed by atoms with Crippen molar-refractivity contribution in [2.45, 2.75) is 77.5 Å². The van der Waals surface area contributed by atoms with Crippen LogP contribution in [0.5, 0.6) is 11.5 Å². The second kappa shape index (κ2) is 14.3. The number of rotatable bonds is 11. The van der Waals surface area contributed by atoms with E-state index in [0.717, 1.165) is 47.9 Å². The number of ether oxygens (including phenoxy) is 2. The molecule has 0 saturated heterocycles. The molecule has 0 N–H and O–H groups in total. The summed E-state index contributed by atoms with van der Waals surface area (Å²) >= 11 is 6.29. The second-order valence-corrected chi connectivity index (χ2v) is 13.0. The van der Waals surface area contributed by atoms with Crippen molar-refractivity contribution in [3.63, 3.8) is 0 Å². The van der Waals surface area contributed by atoms with E-state index in [0.29, 0.717) is 22.4 Å². The average molecular weight is 618 g/mol. The molecule has 1 saturated carbocycles. The highest BCUT2D eigenvalue weighted by Gasteiger charge is 2.36. The standard InChI is InChI=1S/C37H48ClN3O3/c1-7-25(3)44-35-23-33-28(21-34(35)43-6)22-36(42)41(37(33)27-11-13-29(38)14-12-27)32-19-17-31(18-20-32)40(5)24-26-9-15-30(16-10-26)39(4)8-2/h11-14,17-21,23,25-26,30,37H,7-10,15-16,22,24H2,1-6H3/t25-,26?,30?,37?/m1/s1. The average Bonchev–Trinajstić information content (AvgIpc) is 3.04. The van der Waals surface area contributed by atoms with Gasteiger partial charge < -0.3 is 24.2 Å². The maximum absolute atomic E-state index is 13.9. The summed E-state index contributed by atoms with van der Waals surface area (Å²) in [5.41, 5.74) is 5.03. The highest BCUT2D eigenvalue weighted by molar-refractivity contribution is 6.30. The Balaban J connectivity index is 1.42. The van der Waals surface area contributed by atoms with E-state index >= 15 is 0 Å². The Labute approximate surface area is 268 Å². The minimum Gasteiger partial charge on any atom is -0.493 e.